The van der Waals surface area contributed by atoms with Crippen molar-refractivity contribution in [3.8, 4) is 22.5 Å². The zero-order chi connectivity index (χ0) is 41.3. The molecule has 8 aromatic rings. The zero-order valence-electron chi connectivity index (χ0n) is 34.6. The highest BCUT2D eigenvalue weighted by Gasteiger charge is 2.45. The smallest absolute Gasteiger partial charge is 0.261 e. The average molecular weight is 804 g/mol. The molecule has 0 N–H and O–H groups in total. The van der Waals surface area contributed by atoms with E-state index in [4.69, 9.17) is 20.1 Å². The highest BCUT2D eigenvalue weighted by Crippen LogP contribution is 2.47. The molecule has 2 fully saturated rings. The van der Waals surface area contributed by atoms with Crippen molar-refractivity contribution < 1.29 is 4.84 Å². The maximum absolute atomic E-state index is 14.5. The highest BCUT2D eigenvalue weighted by atomic mass is 16.7. The van der Waals surface area contributed by atoms with Gasteiger partial charge in [0.25, 0.3) is 5.56 Å². The van der Waals surface area contributed by atoms with Crippen LogP contribution in [-0.4, -0.2) is 48.0 Å². The van der Waals surface area contributed by atoms with Crippen LogP contribution in [0.15, 0.2) is 163 Å². The zero-order valence-corrected chi connectivity index (χ0v) is 34.6. The summed E-state index contributed by atoms with van der Waals surface area (Å²) in [5.74, 6) is 1.91. The van der Waals surface area contributed by atoms with E-state index in [1.54, 1.807) is 0 Å². The molecule has 304 valence electrons. The van der Waals surface area contributed by atoms with Crippen LogP contribution in [0.3, 0.4) is 0 Å². The van der Waals surface area contributed by atoms with Gasteiger partial charge in [0, 0.05) is 24.9 Å². The molecule has 0 unspecified atom stereocenters. The number of unbranched alkanes of at least 4 members (excludes halogenated alkanes) is 1. The number of hydrogen-bond donors (Lipinski definition) is 0. The summed E-state index contributed by atoms with van der Waals surface area (Å²) >= 11 is 0. The van der Waals surface area contributed by atoms with E-state index in [1.807, 2.05) is 51.7 Å². The molecule has 0 bridgehead atoms. The molecule has 61 heavy (non-hydrogen) atoms. The molecular formula is C52H49N7O2. The molecule has 2 aromatic heterocycles. The Morgan fingerprint density at radius 2 is 1.38 bits per heavy atom. The first-order chi connectivity index (χ1) is 30.0. The van der Waals surface area contributed by atoms with Crippen LogP contribution >= 0.6 is 0 Å². The van der Waals surface area contributed by atoms with Crippen molar-refractivity contribution in [3.63, 3.8) is 0 Å². The quantitative estimate of drug-likeness (QED) is 0.114. The van der Waals surface area contributed by atoms with Crippen LogP contribution in [0.25, 0.3) is 33.4 Å². The fourth-order valence-electron chi connectivity index (χ4n) is 10.00. The molecular weight excluding hydrogens is 755 g/mol. The minimum Gasteiger partial charge on any atom is -0.295 e. The summed E-state index contributed by atoms with van der Waals surface area (Å²) < 4.78 is 3.87. The molecule has 1 saturated heterocycles. The maximum Gasteiger partial charge on any atom is 0.261 e. The normalized spacial score (nSPS) is 17.8. The van der Waals surface area contributed by atoms with Crippen LogP contribution in [0.2, 0.25) is 0 Å². The predicted molar refractivity (Wildman–Crippen MR) is 240 cm³/mol. The summed E-state index contributed by atoms with van der Waals surface area (Å²) in [6.45, 7) is 2.60. The Balaban J connectivity index is 1.03. The van der Waals surface area contributed by atoms with Crippen LogP contribution in [0.1, 0.15) is 78.7 Å². The number of aromatic nitrogens is 6. The van der Waals surface area contributed by atoms with E-state index in [-0.39, 0.29) is 17.7 Å². The summed E-state index contributed by atoms with van der Waals surface area (Å²) in [5.41, 5.74) is 8.07. The first-order valence-corrected chi connectivity index (χ1v) is 21.6. The molecule has 0 radical (unpaired) electrons. The molecule has 10 rings (SSSR count). The lowest BCUT2D eigenvalue weighted by Crippen LogP contribution is -2.39. The predicted octanol–water partition coefficient (Wildman–Crippen LogP) is 10.0. The summed E-state index contributed by atoms with van der Waals surface area (Å²) in [7, 11) is 2.02. The fourth-order valence-corrected chi connectivity index (χ4v) is 10.00. The van der Waals surface area contributed by atoms with Crippen molar-refractivity contribution in [2.75, 3.05) is 7.05 Å². The number of hydrogen-bond acceptors (Lipinski definition) is 7. The van der Waals surface area contributed by atoms with E-state index in [0.29, 0.717) is 23.7 Å². The Morgan fingerprint density at radius 1 is 0.738 bits per heavy atom. The molecule has 0 amide bonds. The molecule has 3 atom stereocenters. The minimum absolute atomic E-state index is 0.00230. The van der Waals surface area contributed by atoms with E-state index in [1.165, 1.54) is 6.42 Å². The van der Waals surface area contributed by atoms with Gasteiger partial charge in [0.2, 0.25) is 0 Å². The van der Waals surface area contributed by atoms with Gasteiger partial charge < -0.3 is 0 Å². The van der Waals surface area contributed by atoms with Gasteiger partial charge >= 0.3 is 0 Å². The van der Waals surface area contributed by atoms with Crippen LogP contribution in [-0.2, 0) is 23.3 Å². The standard InChI is InChI=1S/C52H49N7O2/c1-3-4-27-48-53-46-33-32-38(49-44-25-16-26-47(44)61-57(49)2)34-45(46)51(60)58(48)35-36-28-30-37(31-29-36)42-23-14-15-24-43(42)50-54-55-56-59(50)52(39-17-8-5-9-18-39,40-19-10-6-11-20-40)41-21-12-7-13-22-41/h5-15,17-24,28-34,44,47,49H,3-4,16,25-27,35H2,1-2H3/t44-,47+,49+/m1/s1. The Kier molecular flexibility index (Phi) is 10.4. The van der Waals surface area contributed by atoms with Gasteiger partial charge in [-0.1, -0.05) is 165 Å². The molecule has 9 heteroatoms. The molecule has 1 aliphatic carbocycles. The monoisotopic (exact) mass is 803 g/mol. The van der Waals surface area contributed by atoms with Gasteiger partial charge in [-0.3, -0.25) is 14.2 Å². The third kappa shape index (κ3) is 6.88. The highest BCUT2D eigenvalue weighted by molar-refractivity contribution is 5.81. The average Bonchev–Trinajstić information content (AvgIpc) is 4.06. The van der Waals surface area contributed by atoms with Crippen molar-refractivity contribution in [1.29, 1.82) is 0 Å². The van der Waals surface area contributed by atoms with Crippen molar-refractivity contribution in [2.45, 2.75) is 69.7 Å². The van der Waals surface area contributed by atoms with Gasteiger partial charge in [-0.25, -0.2) is 9.67 Å². The molecule has 9 nitrogen and oxygen atoms in total. The molecule has 2 aliphatic rings. The third-order valence-electron chi connectivity index (χ3n) is 12.9. The number of fused-ring (bicyclic) bond motifs is 2. The van der Waals surface area contributed by atoms with E-state index in [2.05, 4.69) is 140 Å². The van der Waals surface area contributed by atoms with Crippen LogP contribution in [0, 0.1) is 5.92 Å². The van der Waals surface area contributed by atoms with E-state index in [9.17, 15) is 4.79 Å². The molecule has 6 aromatic carbocycles. The number of hydroxylamine groups is 2. The largest absolute Gasteiger partial charge is 0.295 e. The second-order valence-electron chi connectivity index (χ2n) is 16.5. The molecule has 0 spiro atoms. The SMILES string of the molecule is CCCCc1nc2ccc([C@H]3[C@@H]4CCC[C@@H]4ON3C)cc2c(=O)n1Cc1ccc(-c2ccccc2-c2nnnn2C(c2ccccc2)(c2ccccc2)c2ccccc2)cc1. The molecule has 3 heterocycles. The van der Waals surface area contributed by atoms with Gasteiger partial charge in [-0.15, -0.1) is 5.10 Å². The van der Waals surface area contributed by atoms with E-state index >= 15 is 0 Å². The maximum atomic E-state index is 14.5. The van der Waals surface area contributed by atoms with Gasteiger partial charge in [0.15, 0.2) is 5.82 Å². The number of nitrogens with zero attached hydrogens (tertiary/aromatic N) is 7. The molecule has 1 aliphatic heterocycles. The first kappa shape index (κ1) is 38.6. The van der Waals surface area contributed by atoms with Gasteiger partial charge in [-0.05, 0) is 80.8 Å². The van der Waals surface area contributed by atoms with Crippen LogP contribution < -0.4 is 5.56 Å². The van der Waals surface area contributed by atoms with E-state index in [0.717, 1.165) is 88.0 Å². The lowest BCUT2D eigenvalue weighted by atomic mass is 9.77. The van der Waals surface area contributed by atoms with Gasteiger partial charge in [0.05, 0.1) is 29.6 Å². The Bertz CT molecular complexity index is 2740. The van der Waals surface area contributed by atoms with Gasteiger partial charge in [0.1, 0.15) is 11.4 Å². The second kappa shape index (κ2) is 16.5. The Hall–Kier alpha value is -6.55. The third-order valence-corrected chi connectivity index (χ3v) is 12.9. The van der Waals surface area contributed by atoms with Crippen LogP contribution in [0.5, 0.6) is 0 Å². The lowest BCUT2D eigenvalue weighted by molar-refractivity contribution is -0.144. The number of tetrazole rings is 1. The number of benzene rings is 6. The number of rotatable bonds is 12. The lowest BCUT2D eigenvalue weighted by Gasteiger charge is -2.36. The first-order valence-electron chi connectivity index (χ1n) is 21.6. The summed E-state index contributed by atoms with van der Waals surface area (Å²) in [6, 6.07) is 54.6. The fraction of sp³-hybridized carbons (Fsp3) is 0.250. The second-order valence-corrected chi connectivity index (χ2v) is 16.5. The summed E-state index contributed by atoms with van der Waals surface area (Å²) in [4.78, 5) is 25.9. The minimum atomic E-state index is -0.878. The van der Waals surface area contributed by atoms with Gasteiger partial charge in [-0.2, -0.15) is 5.06 Å². The van der Waals surface area contributed by atoms with Crippen molar-refractivity contribution in [1.82, 2.24) is 34.8 Å². The summed E-state index contributed by atoms with van der Waals surface area (Å²) in [6.07, 6.45) is 6.39. The van der Waals surface area contributed by atoms with Crippen molar-refractivity contribution in [2.24, 2.45) is 5.92 Å². The molecule has 1 saturated carbocycles. The Labute approximate surface area is 356 Å². The van der Waals surface area contributed by atoms with Crippen molar-refractivity contribution >= 4 is 10.9 Å². The van der Waals surface area contributed by atoms with E-state index < -0.39 is 5.54 Å². The Morgan fingerprint density at radius 3 is 2.03 bits per heavy atom. The topological polar surface area (TPSA) is 91.0 Å². The van der Waals surface area contributed by atoms with Crippen LogP contribution in [0.4, 0.5) is 0 Å². The summed E-state index contributed by atoms with van der Waals surface area (Å²) in [5, 5.41) is 16.6. The number of aryl methyl sites for hydroxylation is 1. The van der Waals surface area contributed by atoms with Crippen molar-refractivity contribution in [3.05, 3.63) is 202 Å².